The maximum absolute atomic E-state index is 12.8. The van der Waals surface area contributed by atoms with Crippen LogP contribution in [0.2, 0.25) is 0 Å². The van der Waals surface area contributed by atoms with Gasteiger partial charge in [0.1, 0.15) is 5.76 Å². The molecule has 3 atom stereocenters. The zero-order valence-electron chi connectivity index (χ0n) is 12.1. The Morgan fingerprint density at radius 3 is 3.10 bits per heavy atom. The fourth-order valence-electron chi connectivity index (χ4n) is 3.49. The van der Waals surface area contributed by atoms with E-state index in [2.05, 4.69) is 5.10 Å². The second kappa shape index (κ2) is 4.76. The molecule has 1 aliphatic heterocycles. The van der Waals surface area contributed by atoms with Crippen LogP contribution >= 0.6 is 0 Å². The minimum atomic E-state index is 0.105. The Morgan fingerprint density at radius 1 is 1.48 bits per heavy atom. The van der Waals surface area contributed by atoms with E-state index in [4.69, 9.17) is 4.42 Å². The van der Waals surface area contributed by atoms with Gasteiger partial charge in [-0.15, -0.1) is 0 Å². The minimum absolute atomic E-state index is 0.105. The van der Waals surface area contributed by atoms with Gasteiger partial charge >= 0.3 is 0 Å². The standard InChI is InChI=1S/C16H19N3O2/c1-18-10-11(9-17-18)14-4-2-6-19(14)16(20)13-8-12(13)15-5-3-7-21-15/h3,5,7,9-10,12-14H,2,4,6,8H2,1H3/t12-,13-,14+/m1/s1. The van der Waals surface area contributed by atoms with E-state index in [9.17, 15) is 4.79 Å². The van der Waals surface area contributed by atoms with Crippen molar-refractivity contribution in [1.82, 2.24) is 14.7 Å². The number of hydrogen-bond donors (Lipinski definition) is 0. The van der Waals surface area contributed by atoms with Gasteiger partial charge < -0.3 is 9.32 Å². The fourth-order valence-corrected chi connectivity index (χ4v) is 3.49. The number of carbonyl (C=O) groups excluding carboxylic acids is 1. The van der Waals surface area contributed by atoms with Crippen LogP contribution in [0.3, 0.4) is 0 Å². The highest BCUT2D eigenvalue weighted by molar-refractivity contribution is 5.83. The lowest BCUT2D eigenvalue weighted by molar-refractivity contribution is -0.133. The number of aryl methyl sites for hydroxylation is 1. The highest BCUT2D eigenvalue weighted by Gasteiger charge is 2.49. The van der Waals surface area contributed by atoms with E-state index in [0.29, 0.717) is 0 Å². The van der Waals surface area contributed by atoms with Gasteiger partial charge in [0.15, 0.2) is 0 Å². The summed E-state index contributed by atoms with van der Waals surface area (Å²) in [5, 5.41) is 4.23. The first kappa shape index (κ1) is 12.7. The molecule has 2 aromatic rings. The van der Waals surface area contributed by atoms with Crippen molar-refractivity contribution in [2.75, 3.05) is 6.54 Å². The Bertz CT molecular complexity index is 646. The van der Waals surface area contributed by atoms with Crippen LogP contribution in [-0.4, -0.2) is 27.1 Å². The Morgan fingerprint density at radius 2 is 2.38 bits per heavy atom. The number of likely N-dealkylation sites (tertiary alicyclic amines) is 1. The molecular weight excluding hydrogens is 266 g/mol. The van der Waals surface area contributed by atoms with E-state index in [1.54, 1.807) is 10.9 Å². The Hall–Kier alpha value is -2.04. The average molecular weight is 285 g/mol. The first-order valence-corrected chi connectivity index (χ1v) is 7.56. The predicted molar refractivity (Wildman–Crippen MR) is 76.5 cm³/mol. The third kappa shape index (κ3) is 2.17. The molecule has 2 fully saturated rings. The molecule has 5 heteroatoms. The SMILES string of the molecule is Cn1cc([C@@H]2CCCN2C(=O)[C@@H]2C[C@H]2c2ccco2)cn1. The van der Waals surface area contributed by atoms with E-state index in [0.717, 1.165) is 37.1 Å². The van der Waals surface area contributed by atoms with Crippen molar-refractivity contribution in [3.05, 3.63) is 42.1 Å². The molecule has 1 saturated heterocycles. The van der Waals surface area contributed by atoms with Gasteiger partial charge in [-0.05, 0) is 31.4 Å². The molecule has 0 unspecified atom stereocenters. The molecule has 1 saturated carbocycles. The van der Waals surface area contributed by atoms with Crippen molar-refractivity contribution in [2.45, 2.75) is 31.2 Å². The molecule has 0 aromatic carbocycles. The molecule has 1 aliphatic carbocycles. The van der Waals surface area contributed by atoms with Crippen LogP contribution in [-0.2, 0) is 11.8 Å². The Kier molecular flexibility index (Phi) is 2.87. The van der Waals surface area contributed by atoms with Gasteiger partial charge in [-0.25, -0.2) is 0 Å². The summed E-state index contributed by atoms with van der Waals surface area (Å²) in [7, 11) is 1.92. The second-order valence-electron chi connectivity index (χ2n) is 6.10. The van der Waals surface area contributed by atoms with Crippen molar-refractivity contribution in [2.24, 2.45) is 13.0 Å². The number of furan rings is 1. The quantitative estimate of drug-likeness (QED) is 0.870. The lowest BCUT2D eigenvalue weighted by Gasteiger charge is -2.24. The van der Waals surface area contributed by atoms with Gasteiger partial charge in [0.2, 0.25) is 5.91 Å². The first-order chi connectivity index (χ1) is 10.2. The molecular formula is C16H19N3O2. The van der Waals surface area contributed by atoms with Crippen LogP contribution in [0.25, 0.3) is 0 Å². The van der Waals surface area contributed by atoms with E-state index >= 15 is 0 Å². The van der Waals surface area contributed by atoms with Crippen molar-refractivity contribution in [3.8, 4) is 0 Å². The van der Waals surface area contributed by atoms with E-state index in [1.807, 2.05) is 36.5 Å². The summed E-state index contributed by atoms with van der Waals surface area (Å²) in [6.45, 7) is 0.861. The fraction of sp³-hybridized carbons (Fsp3) is 0.500. The largest absolute Gasteiger partial charge is 0.469 e. The number of nitrogens with zero attached hydrogens (tertiary/aromatic N) is 3. The number of aromatic nitrogens is 2. The van der Waals surface area contributed by atoms with Crippen LogP contribution in [0.5, 0.6) is 0 Å². The van der Waals surface area contributed by atoms with Crippen LogP contribution in [0.1, 0.15) is 42.5 Å². The summed E-state index contributed by atoms with van der Waals surface area (Å²) in [5.41, 5.74) is 1.15. The van der Waals surface area contributed by atoms with Crippen molar-refractivity contribution >= 4 is 5.91 Å². The van der Waals surface area contributed by atoms with Gasteiger partial charge in [-0.3, -0.25) is 9.48 Å². The summed E-state index contributed by atoms with van der Waals surface area (Å²) in [6.07, 6.45) is 8.62. The zero-order valence-corrected chi connectivity index (χ0v) is 12.1. The molecule has 0 bridgehead atoms. The lowest BCUT2D eigenvalue weighted by Crippen LogP contribution is -2.32. The van der Waals surface area contributed by atoms with Crippen molar-refractivity contribution < 1.29 is 9.21 Å². The number of hydrogen-bond acceptors (Lipinski definition) is 3. The Balaban J connectivity index is 1.49. The van der Waals surface area contributed by atoms with Gasteiger partial charge in [-0.1, -0.05) is 0 Å². The molecule has 0 spiro atoms. The summed E-state index contributed by atoms with van der Waals surface area (Å²) >= 11 is 0. The Labute approximate surface area is 123 Å². The molecule has 2 aromatic heterocycles. The zero-order chi connectivity index (χ0) is 14.4. The summed E-state index contributed by atoms with van der Waals surface area (Å²) in [4.78, 5) is 14.8. The van der Waals surface area contributed by atoms with Crippen LogP contribution in [0, 0.1) is 5.92 Å². The highest BCUT2D eigenvalue weighted by atomic mass is 16.3. The molecule has 5 nitrogen and oxygen atoms in total. The normalized spacial score (nSPS) is 28.0. The van der Waals surface area contributed by atoms with E-state index in [-0.39, 0.29) is 23.8 Å². The third-order valence-corrected chi connectivity index (χ3v) is 4.66. The molecule has 0 radical (unpaired) electrons. The van der Waals surface area contributed by atoms with Crippen LogP contribution in [0.15, 0.2) is 35.2 Å². The maximum Gasteiger partial charge on any atom is 0.226 e. The van der Waals surface area contributed by atoms with E-state index in [1.165, 1.54) is 0 Å². The molecule has 0 N–H and O–H groups in total. The van der Waals surface area contributed by atoms with Crippen molar-refractivity contribution in [1.29, 1.82) is 0 Å². The molecule has 1 amide bonds. The molecule has 21 heavy (non-hydrogen) atoms. The lowest BCUT2D eigenvalue weighted by atomic mass is 10.1. The van der Waals surface area contributed by atoms with Crippen LogP contribution in [0.4, 0.5) is 0 Å². The maximum atomic E-state index is 12.8. The smallest absolute Gasteiger partial charge is 0.226 e. The number of amides is 1. The molecule has 4 rings (SSSR count). The second-order valence-corrected chi connectivity index (χ2v) is 6.10. The number of rotatable bonds is 3. The predicted octanol–water partition coefficient (Wildman–Crippen LogP) is 2.48. The summed E-state index contributed by atoms with van der Waals surface area (Å²) in [6, 6.07) is 4.06. The van der Waals surface area contributed by atoms with Gasteiger partial charge in [-0.2, -0.15) is 5.10 Å². The van der Waals surface area contributed by atoms with E-state index < -0.39 is 0 Å². The highest BCUT2D eigenvalue weighted by Crippen LogP contribution is 2.50. The van der Waals surface area contributed by atoms with Gasteiger partial charge in [0, 0.05) is 37.2 Å². The monoisotopic (exact) mass is 285 g/mol. The average Bonchev–Trinajstić information content (AvgIpc) is 2.95. The van der Waals surface area contributed by atoms with Gasteiger partial charge in [0.25, 0.3) is 0 Å². The van der Waals surface area contributed by atoms with Gasteiger partial charge in [0.05, 0.1) is 18.5 Å². The van der Waals surface area contributed by atoms with Crippen molar-refractivity contribution in [3.63, 3.8) is 0 Å². The van der Waals surface area contributed by atoms with Crippen LogP contribution < -0.4 is 0 Å². The minimum Gasteiger partial charge on any atom is -0.469 e. The topological polar surface area (TPSA) is 51.3 Å². The summed E-state index contributed by atoms with van der Waals surface area (Å²) < 4.78 is 7.24. The number of carbonyl (C=O) groups is 1. The molecule has 3 heterocycles. The molecule has 2 aliphatic rings. The summed E-state index contributed by atoms with van der Waals surface area (Å²) in [5.74, 6) is 1.62. The third-order valence-electron chi connectivity index (χ3n) is 4.66. The first-order valence-electron chi connectivity index (χ1n) is 7.56. The molecule has 110 valence electrons.